The molecule has 1 aromatic carbocycles. The molecule has 1 heterocycles. The number of hydrogen-bond acceptors (Lipinski definition) is 2. The molecule has 92 valence electrons. The number of morpholine rings is 1. The molecule has 1 aliphatic rings. The van der Waals surface area contributed by atoms with Crippen LogP contribution < -0.4 is 10.4 Å². The molecule has 2 nitrogen and oxygen atoms in total. The molecule has 0 unspecified atom stereocenters. The maximum absolute atomic E-state index is 5.44. The standard InChI is InChI=1S/C14H22BNO/c1-9-11(3)14(12(4)10(2)13(9)15)16-5-7-17-8-6-16/h5-8,15H2,1-4H3. The van der Waals surface area contributed by atoms with Crippen LogP contribution in [0.25, 0.3) is 0 Å². The van der Waals surface area contributed by atoms with Crippen molar-refractivity contribution in [3.05, 3.63) is 22.3 Å². The van der Waals surface area contributed by atoms with Gasteiger partial charge in [-0.15, -0.1) is 0 Å². The number of anilines is 1. The Bertz CT molecular complexity index is 407. The number of benzene rings is 1. The van der Waals surface area contributed by atoms with Crippen molar-refractivity contribution in [2.24, 2.45) is 0 Å². The highest BCUT2D eigenvalue weighted by atomic mass is 16.5. The van der Waals surface area contributed by atoms with Crippen LogP contribution >= 0.6 is 0 Å². The Morgan fingerprint density at radius 1 is 0.882 bits per heavy atom. The van der Waals surface area contributed by atoms with E-state index in [9.17, 15) is 0 Å². The van der Waals surface area contributed by atoms with Crippen LogP contribution in [0.3, 0.4) is 0 Å². The molecule has 0 N–H and O–H groups in total. The molecule has 0 aliphatic carbocycles. The van der Waals surface area contributed by atoms with E-state index in [0.717, 1.165) is 26.3 Å². The van der Waals surface area contributed by atoms with Crippen molar-refractivity contribution in [1.82, 2.24) is 0 Å². The van der Waals surface area contributed by atoms with Gasteiger partial charge in [-0.05, 0) is 38.8 Å². The van der Waals surface area contributed by atoms with E-state index >= 15 is 0 Å². The smallest absolute Gasteiger partial charge is 0.140 e. The van der Waals surface area contributed by atoms with Gasteiger partial charge in [-0.2, -0.15) is 0 Å². The molecular weight excluding hydrogens is 209 g/mol. The zero-order valence-corrected chi connectivity index (χ0v) is 11.7. The first-order chi connectivity index (χ1) is 8.04. The van der Waals surface area contributed by atoms with Crippen molar-refractivity contribution in [2.45, 2.75) is 27.7 Å². The number of rotatable bonds is 1. The second-order valence-corrected chi connectivity index (χ2v) is 5.07. The van der Waals surface area contributed by atoms with Gasteiger partial charge in [-0.1, -0.05) is 16.6 Å². The van der Waals surface area contributed by atoms with Crippen molar-refractivity contribution in [1.29, 1.82) is 0 Å². The topological polar surface area (TPSA) is 12.5 Å². The minimum absolute atomic E-state index is 0.852. The van der Waals surface area contributed by atoms with Crippen molar-refractivity contribution in [3.8, 4) is 0 Å². The van der Waals surface area contributed by atoms with E-state index < -0.39 is 0 Å². The predicted octanol–water partition coefficient (Wildman–Crippen LogP) is 1.02. The Morgan fingerprint density at radius 3 is 1.82 bits per heavy atom. The van der Waals surface area contributed by atoms with Crippen molar-refractivity contribution in [2.75, 3.05) is 31.2 Å². The Labute approximate surface area is 105 Å². The van der Waals surface area contributed by atoms with Crippen LogP contribution in [-0.2, 0) is 4.74 Å². The summed E-state index contributed by atoms with van der Waals surface area (Å²) in [4.78, 5) is 2.48. The first-order valence-electron chi connectivity index (χ1n) is 6.43. The summed E-state index contributed by atoms with van der Waals surface area (Å²) in [6, 6.07) is 0. The number of nitrogens with zero attached hydrogens (tertiary/aromatic N) is 1. The molecule has 3 heteroatoms. The van der Waals surface area contributed by atoms with Crippen LogP contribution in [0.5, 0.6) is 0 Å². The van der Waals surface area contributed by atoms with E-state index in [-0.39, 0.29) is 0 Å². The van der Waals surface area contributed by atoms with Gasteiger partial charge in [-0.25, -0.2) is 0 Å². The molecule has 0 atom stereocenters. The molecule has 1 aromatic rings. The first kappa shape index (κ1) is 12.5. The van der Waals surface area contributed by atoms with Crippen LogP contribution in [0.2, 0.25) is 0 Å². The lowest BCUT2D eigenvalue weighted by Crippen LogP contribution is -2.38. The minimum Gasteiger partial charge on any atom is -0.378 e. The Hall–Kier alpha value is -0.955. The molecule has 2 rings (SSSR count). The van der Waals surface area contributed by atoms with Gasteiger partial charge in [0.05, 0.1) is 13.2 Å². The lowest BCUT2D eigenvalue weighted by molar-refractivity contribution is 0.122. The molecule has 0 radical (unpaired) electrons. The molecule has 1 saturated heterocycles. The zero-order chi connectivity index (χ0) is 12.6. The molecule has 0 saturated carbocycles. The fraction of sp³-hybridized carbons (Fsp3) is 0.571. The van der Waals surface area contributed by atoms with Crippen LogP contribution in [-0.4, -0.2) is 34.1 Å². The maximum Gasteiger partial charge on any atom is 0.140 e. The summed E-state index contributed by atoms with van der Waals surface area (Å²) >= 11 is 0. The van der Waals surface area contributed by atoms with Crippen molar-refractivity contribution < 1.29 is 4.74 Å². The molecule has 0 bridgehead atoms. The average Bonchev–Trinajstić information content (AvgIpc) is 2.36. The predicted molar refractivity (Wildman–Crippen MR) is 76.6 cm³/mol. The minimum atomic E-state index is 0.852. The van der Waals surface area contributed by atoms with Gasteiger partial charge in [0.1, 0.15) is 7.85 Å². The van der Waals surface area contributed by atoms with Gasteiger partial charge in [0.2, 0.25) is 0 Å². The fourth-order valence-electron chi connectivity index (χ4n) is 2.74. The molecule has 17 heavy (non-hydrogen) atoms. The van der Waals surface area contributed by atoms with E-state index in [4.69, 9.17) is 4.74 Å². The largest absolute Gasteiger partial charge is 0.378 e. The Balaban J connectivity index is 2.52. The van der Waals surface area contributed by atoms with Gasteiger partial charge < -0.3 is 9.64 Å². The summed E-state index contributed by atoms with van der Waals surface area (Å²) in [7, 11) is 2.23. The highest BCUT2D eigenvalue weighted by Gasteiger charge is 2.19. The van der Waals surface area contributed by atoms with Gasteiger partial charge >= 0.3 is 0 Å². The summed E-state index contributed by atoms with van der Waals surface area (Å²) in [5.41, 5.74) is 8.63. The molecule has 0 aromatic heterocycles. The van der Waals surface area contributed by atoms with Crippen LogP contribution in [0.4, 0.5) is 5.69 Å². The second-order valence-electron chi connectivity index (χ2n) is 5.07. The Morgan fingerprint density at radius 2 is 1.35 bits per heavy atom. The van der Waals surface area contributed by atoms with Crippen molar-refractivity contribution >= 4 is 19.0 Å². The zero-order valence-electron chi connectivity index (χ0n) is 11.7. The van der Waals surface area contributed by atoms with Crippen LogP contribution in [0.15, 0.2) is 0 Å². The van der Waals surface area contributed by atoms with E-state index in [1.807, 2.05) is 0 Å². The highest BCUT2D eigenvalue weighted by Crippen LogP contribution is 2.29. The van der Waals surface area contributed by atoms with Gasteiger partial charge in [0.15, 0.2) is 0 Å². The summed E-state index contributed by atoms with van der Waals surface area (Å²) < 4.78 is 5.44. The third kappa shape index (κ3) is 2.08. The van der Waals surface area contributed by atoms with E-state index in [2.05, 4.69) is 40.4 Å². The van der Waals surface area contributed by atoms with Crippen LogP contribution in [0.1, 0.15) is 22.3 Å². The maximum atomic E-state index is 5.44. The third-order valence-electron chi connectivity index (χ3n) is 4.29. The lowest BCUT2D eigenvalue weighted by atomic mass is 9.81. The van der Waals surface area contributed by atoms with Crippen molar-refractivity contribution in [3.63, 3.8) is 0 Å². The van der Waals surface area contributed by atoms with Gasteiger partial charge in [0, 0.05) is 18.8 Å². The summed E-state index contributed by atoms with van der Waals surface area (Å²) in [6.45, 7) is 12.7. The summed E-state index contributed by atoms with van der Waals surface area (Å²) in [6.07, 6.45) is 0. The van der Waals surface area contributed by atoms with E-state index in [0.29, 0.717) is 0 Å². The van der Waals surface area contributed by atoms with E-state index in [1.54, 1.807) is 0 Å². The average molecular weight is 231 g/mol. The SMILES string of the molecule is Bc1c(C)c(C)c(N2CCOCC2)c(C)c1C. The third-order valence-corrected chi connectivity index (χ3v) is 4.29. The fourth-order valence-corrected chi connectivity index (χ4v) is 2.74. The first-order valence-corrected chi connectivity index (χ1v) is 6.43. The van der Waals surface area contributed by atoms with Crippen LogP contribution in [0, 0.1) is 27.7 Å². The van der Waals surface area contributed by atoms with Gasteiger partial charge in [-0.3, -0.25) is 0 Å². The molecule has 0 amide bonds. The highest BCUT2D eigenvalue weighted by molar-refractivity contribution is 6.34. The second kappa shape index (κ2) is 4.73. The van der Waals surface area contributed by atoms with Gasteiger partial charge in [0.25, 0.3) is 0 Å². The monoisotopic (exact) mass is 231 g/mol. The normalized spacial score (nSPS) is 16.4. The molecule has 1 aliphatic heterocycles. The quantitative estimate of drug-likeness (QED) is 0.669. The summed E-state index contributed by atoms with van der Waals surface area (Å²) in [5.74, 6) is 0. The molecule has 0 spiro atoms. The number of hydrogen-bond donors (Lipinski definition) is 0. The Kier molecular flexibility index (Phi) is 3.48. The summed E-state index contributed by atoms with van der Waals surface area (Å²) in [5, 5.41) is 0. The van der Waals surface area contributed by atoms with E-state index in [1.165, 1.54) is 33.4 Å². The lowest BCUT2D eigenvalue weighted by Gasteiger charge is -2.33. The number of ether oxygens (including phenoxy) is 1. The molecule has 1 fully saturated rings. The molecular formula is C14H22BNO.